The summed E-state index contributed by atoms with van der Waals surface area (Å²) in [6.45, 7) is 3.62. The van der Waals surface area contributed by atoms with Gasteiger partial charge in [0.1, 0.15) is 5.01 Å². The van der Waals surface area contributed by atoms with Gasteiger partial charge >= 0.3 is 0 Å². The fourth-order valence-corrected chi connectivity index (χ4v) is 2.09. The Morgan fingerprint density at radius 3 is 2.50 bits per heavy atom. The van der Waals surface area contributed by atoms with E-state index in [1.165, 1.54) is 0 Å². The van der Waals surface area contributed by atoms with Crippen LogP contribution in [0.25, 0.3) is 10.6 Å². The number of hydrogen-bond donors (Lipinski definition) is 1. The predicted molar refractivity (Wildman–Crippen MR) is 79.2 cm³/mol. The van der Waals surface area contributed by atoms with Crippen molar-refractivity contribution in [1.82, 2.24) is 4.98 Å². The Hall–Kier alpha value is -1.20. The number of hydrogen-bond acceptors (Lipinski definition) is 3. The Labute approximate surface area is 118 Å². The average Bonchev–Trinajstić information content (AvgIpc) is 2.82. The van der Waals surface area contributed by atoms with Crippen molar-refractivity contribution >= 4 is 38.9 Å². The quantitative estimate of drug-likeness (QED) is 0.869. The number of nitrogens with one attached hydrogen (secondary N) is 1. The minimum Gasteiger partial charge on any atom is -0.325 e. The van der Waals surface area contributed by atoms with E-state index in [-0.39, 0.29) is 5.91 Å². The van der Waals surface area contributed by atoms with Gasteiger partial charge in [0, 0.05) is 22.8 Å². The van der Waals surface area contributed by atoms with Gasteiger partial charge in [-0.25, -0.2) is 4.98 Å². The largest absolute Gasteiger partial charge is 0.325 e. The molecule has 18 heavy (non-hydrogen) atoms. The zero-order chi connectivity index (χ0) is 13.2. The molecule has 0 aliphatic rings. The zero-order valence-electron chi connectivity index (χ0n) is 10.1. The molecule has 1 amide bonds. The maximum absolute atomic E-state index is 11.8. The molecular weight excluding hydrogens is 312 g/mol. The van der Waals surface area contributed by atoms with Crippen LogP contribution in [0.4, 0.5) is 5.69 Å². The van der Waals surface area contributed by atoms with E-state index in [0.717, 1.165) is 16.3 Å². The lowest BCUT2D eigenvalue weighted by Gasteiger charge is -2.15. The van der Waals surface area contributed by atoms with Gasteiger partial charge in [0.2, 0.25) is 5.91 Å². The third kappa shape index (κ3) is 3.17. The van der Waals surface area contributed by atoms with E-state index in [0.29, 0.717) is 0 Å². The minimum absolute atomic E-state index is 0.0653. The van der Waals surface area contributed by atoms with Crippen LogP contribution >= 0.6 is 27.3 Å². The molecule has 0 fully saturated rings. The molecule has 1 heterocycles. The maximum Gasteiger partial charge on any atom is 0.240 e. The fourth-order valence-electron chi connectivity index (χ4n) is 1.34. The Bertz CT molecular complexity index is 529. The van der Waals surface area contributed by atoms with Crippen molar-refractivity contribution in [3.63, 3.8) is 0 Å². The molecule has 0 saturated carbocycles. The van der Waals surface area contributed by atoms with Gasteiger partial charge in [-0.3, -0.25) is 4.79 Å². The van der Waals surface area contributed by atoms with Gasteiger partial charge in [-0.15, -0.1) is 11.3 Å². The number of thiazole rings is 1. The van der Waals surface area contributed by atoms with Gasteiger partial charge in [0.05, 0.1) is 4.32 Å². The van der Waals surface area contributed by atoms with Crippen LogP contribution in [0, 0.1) is 0 Å². The summed E-state index contributed by atoms with van der Waals surface area (Å²) in [5.74, 6) is -0.0653. The Morgan fingerprint density at radius 1 is 1.33 bits per heavy atom. The number of amides is 1. The van der Waals surface area contributed by atoms with Crippen molar-refractivity contribution in [2.24, 2.45) is 0 Å². The van der Waals surface area contributed by atoms with Crippen LogP contribution < -0.4 is 5.32 Å². The topological polar surface area (TPSA) is 42.0 Å². The molecule has 0 spiro atoms. The molecule has 0 bridgehead atoms. The standard InChI is InChI=1S/C13H13BrN2OS/c1-13(2,14)12(17)16-10-5-3-9(4-6-10)11-15-7-8-18-11/h3-8H,1-2H3,(H,16,17). The van der Waals surface area contributed by atoms with Crippen LogP contribution in [0.2, 0.25) is 0 Å². The van der Waals surface area contributed by atoms with Crippen molar-refractivity contribution in [2.75, 3.05) is 5.32 Å². The highest BCUT2D eigenvalue weighted by molar-refractivity contribution is 9.10. The summed E-state index contributed by atoms with van der Waals surface area (Å²) < 4.78 is -0.568. The molecule has 0 aliphatic carbocycles. The number of nitrogens with zero attached hydrogens (tertiary/aromatic N) is 1. The highest BCUT2D eigenvalue weighted by atomic mass is 79.9. The van der Waals surface area contributed by atoms with Crippen LogP contribution in [-0.2, 0) is 4.79 Å². The monoisotopic (exact) mass is 324 g/mol. The molecule has 94 valence electrons. The van der Waals surface area contributed by atoms with Crippen LogP contribution in [0.5, 0.6) is 0 Å². The Balaban J connectivity index is 2.12. The number of halogens is 1. The molecule has 1 aromatic carbocycles. The smallest absolute Gasteiger partial charge is 0.240 e. The minimum atomic E-state index is -0.568. The van der Waals surface area contributed by atoms with Crippen molar-refractivity contribution in [3.8, 4) is 10.6 Å². The number of carbonyl (C=O) groups excluding carboxylic acids is 1. The number of benzene rings is 1. The second kappa shape index (κ2) is 5.20. The van der Waals surface area contributed by atoms with Crippen molar-refractivity contribution in [1.29, 1.82) is 0 Å². The second-order valence-corrected chi connectivity index (χ2v) is 7.22. The van der Waals surface area contributed by atoms with Gasteiger partial charge in [0.15, 0.2) is 0 Å². The summed E-state index contributed by atoms with van der Waals surface area (Å²) in [6.07, 6.45) is 1.78. The summed E-state index contributed by atoms with van der Waals surface area (Å²) in [4.78, 5) is 16.0. The average molecular weight is 325 g/mol. The zero-order valence-corrected chi connectivity index (χ0v) is 12.5. The summed E-state index contributed by atoms with van der Waals surface area (Å²) in [6, 6.07) is 7.67. The first-order valence-corrected chi connectivity index (χ1v) is 7.14. The number of aromatic nitrogens is 1. The molecule has 2 aromatic rings. The van der Waals surface area contributed by atoms with Crippen molar-refractivity contribution < 1.29 is 4.79 Å². The third-order valence-corrected chi connectivity index (χ3v) is 3.54. The highest BCUT2D eigenvalue weighted by Gasteiger charge is 2.23. The summed E-state index contributed by atoms with van der Waals surface area (Å²) >= 11 is 4.92. The van der Waals surface area contributed by atoms with Crippen molar-refractivity contribution in [2.45, 2.75) is 18.2 Å². The number of carbonyl (C=O) groups is 1. The molecule has 1 N–H and O–H groups in total. The lowest BCUT2D eigenvalue weighted by molar-refractivity contribution is -0.117. The van der Waals surface area contributed by atoms with Crippen LogP contribution in [-0.4, -0.2) is 15.2 Å². The van der Waals surface area contributed by atoms with E-state index in [2.05, 4.69) is 26.2 Å². The molecular formula is C13H13BrN2OS. The molecule has 0 unspecified atom stereocenters. The highest BCUT2D eigenvalue weighted by Crippen LogP contribution is 2.24. The first-order valence-electron chi connectivity index (χ1n) is 5.47. The molecule has 2 rings (SSSR count). The maximum atomic E-state index is 11.8. The molecule has 0 atom stereocenters. The van der Waals surface area contributed by atoms with Gasteiger partial charge in [-0.05, 0) is 38.1 Å². The molecule has 5 heteroatoms. The Kier molecular flexibility index (Phi) is 3.82. The summed E-state index contributed by atoms with van der Waals surface area (Å²) in [7, 11) is 0. The van der Waals surface area contributed by atoms with Gasteiger partial charge in [-0.1, -0.05) is 15.9 Å². The first kappa shape index (κ1) is 13.2. The van der Waals surface area contributed by atoms with Crippen molar-refractivity contribution in [3.05, 3.63) is 35.8 Å². The van der Waals surface area contributed by atoms with Crippen LogP contribution in [0.15, 0.2) is 35.8 Å². The van der Waals surface area contributed by atoms with Crippen LogP contribution in [0.3, 0.4) is 0 Å². The molecule has 0 aliphatic heterocycles. The second-order valence-electron chi connectivity index (χ2n) is 4.34. The van der Waals surface area contributed by atoms with E-state index in [1.807, 2.05) is 43.5 Å². The van der Waals surface area contributed by atoms with Gasteiger partial charge in [0.25, 0.3) is 0 Å². The fraction of sp³-hybridized carbons (Fsp3) is 0.231. The van der Waals surface area contributed by atoms with Gasteiger partial charge < -0.3 is 5.32 Å². The first-order chi connectivity index (χ1) is 8.47. The SMILES string of the molecule is CC(C)(Br)C(=O)Nc1ccc(-c2nccs2)cc1. The molecule has 3 nitrogen and oxygen atoms in total. The molecule has 0 saturated heterocycles. The van der Waals surface area contributed by atoms with E-state index in [9.17, 15) is 4.79 Å². The van der Waals surface area contributed by atoms with E-state index >= 15 is 0 Å². The van der Waals surface area contributed by atoms with Crippen LogP contribution in [0.1, 0.15) is 13.8 Å². The van der Waals surface area contributed by atoms with E-state index < -0.39 is 4.32 Å². The van der Waals surface area contributed by atoms with Gasteiger partial charge in [-0.2, -0.15) is 0 Å². The summed E-state index contributed by atoms with van der Waals surface area (Å²) in [5, 5.41) is 5.77. The molecule has 0 radical (unpaired) electrons. The van der Waals surface area contributed by atoms with E-state index in [1.54, 1.807) is 17.5 Å². The third-order valence-electron chi connectivity index (χ3n) is 2.36. The number of alkyl halides is 1. The Morgan fingerprint density at radius 2 is 2.00 bits per heavy atom. The number of rotatable bonds is 3. The lowest BCUT2D eigenvalue weighted by atomic mass is 10.2. The van der Waals surface area contributed by atoms with E-state index in [4.69, 9.17) is 0 Å². The molecule has 1 aromatic heterocycles. The number of anilines is 1. The predicted octanol–water partition coefficient (Wildman–Crippen LogP) is 3.92. The lowest BCUT2D eigenvalue weighted by Crippen LogP contribution is -2.30. The normalized spacial score (nSPS) is 11.3. The summed E-state index contributed by atoms with van der Waals surface area (Å²) in [5.41, 5.74) is 1.84.